The van der Waals surface area contributed by atoms with Crippen LogP contribution in [0, 0.1) is 17.5 Å². The van der Waals surface area contributed by atoms with E-state index in [-0.39, 0.29) is 28.0 Å². The van der Waals surface area contributed by atoms with Gasteiger partial charge in [0.1, 0.15) is 36.6 Å². The van der Waals surface area contributed by atoms with Gasteiger partial charge in [0.15, 0.2) is 11.6 Å². The molecule has 0 atom stereocenters. The molecule has 0 saturated heterocycles. The summed E-state index contributed by atoms with van der Waals surface area (Å²) in [7, 11) is 0. The minimum absolute atomic E-state index is 0.0224. The van der Waals surface area contributed by atoms with E-state index in [0.29, 0.717) is 0 Å². The van der Waals surface area contributed by atoms with Gasteiger partial charge in [-0.3, -0.25) is 0 Å². The van der Waals surface area contributed by atoms with E-state index in [4.69, 9.17) is 9.47 Å². The molecule has 0 amide bonds. The van der Waals surface area contributed by atoms with E-state index in [1.165, 1.54) is 26.0 Å². The van der Waals surface area contributed by atoms with Crippen LogP contribution in [0.5, 0.6) is 11.5 Å². The second-order valence-electron chi connectivity index (χ2n) is 6.53. The molecule has 0 bridgehead atoms. The van der Waals surface area contributed by atoms with Gasteiger partial charge in [0.25, 0.3) is 0 Å². The number of carbonyl (C=O) groups excluding carboxylic acids is 2. The van der Waals surface area contributed by atoms with Crippen molar-refractivity contribution in [2.75, 3.05) is 0 Å². The topological polar surface area (TPSA) is 71.1 Å². The van der Waals surface area contributed by atoms with Crippen molar-refractivity contribution in [3.63, 3.8) is 0 Å². The second kappa shape index (κ2) is 11.4. The molecule has 0 aliphatic rings. The first kappa shape index (κ1) is 25.0. The van der Waals surface area contributed by atoms with E-state index in [1.807, 2.05) is 0 Å². The molecule has 0 saturated carbocycles. The number of hydrogen-bond acceptors (Lipinski definition) is 6. The van der Waals surface area contributed by atoms with Crippen molar-refractivity contribution in [2.45, 2.75) is 13.8 Å². The number of ether oxygens (including phenoxy) is 4. The lowest BCUT2D eigenvalue weighted by Gasteiger charge is -2.10. The Balaban J connectivity index is 2.11. The summed E-state index contributed by atoms with van der Waals surface area (Å²) in [4.78, 5) is 22.5. The van der Waals surface area contributed by atoms with Crippen LogP contribution in [0.15, 0.2) is 79.7 Å². The van der Waals surface area contributed by atoms with Gasteiger partial charge in [0, 0.05) is 28.3 Å². The third kappa shape index (κ3) is 6.86. The first-order valence-electron chi connectivity index (χ1n) is 9.26. The van der Waals surface area contributed by atoms with Crippen LogP contribution in [0.25, 0.3) is 11.1 Å². The Labute approximate surface area is 187 Å². The zero-order valence-corrected chi connectivity index (χ0v) is 17.7. The summed E-state index contributed by atoms with van der Waals surface area (Å²) in [6.07, 6.45) is 3.63. The lowest BCUT2D eigenvalue weighted by atomic mass is 10.0. The number of benzene rings is 2. The van der Waals surface area contributed by atoms with Crippen molar-refractivity contribution in [1.29, 1.82) is 0 Å². The molecule has 0 N–H and O–H groups in total. The van der Waals surface area contributed by atoms with Crippen molar-refractivity contribution in [2.24, 2.45) is 0 Å². The van der Waals surface area contributed by atoms with Crippen LogP contribution in [0.2, 0.25) is 0 Å². The highest BCUT2D eigenvalue weighted by Gasteiger charge is 2.18. The molecular weight excluding hydrogens is 441 g/mol. The summed E-state index contributed by atoms with van der Waals surface area (Å²) in [5, 5.41) is 0. The largest absolute Gasteiger partial charge is 0.462 e. The predicted octanol–water partition coefficient (Wildman–Crippen LogP) is 5.71. The molecule has 0 aromatic heterocycles. The maximum Gasteiger partial charge on any atom is 0.338 e. The standard InChI is InChI=1S/C24H19F3O6/c1-14(2)23(28)32-11-9-30-16-5-6-17(19(25)13-16)18-7-8-20(22(27)21(18)26)31-10-12-33-24(29)15(3)4/h5-13H,1,3H2,2,4H3/b11-9-,12-10-. The summed E-state index contributed by atoms with van der Waals surface area (Å²) < 4.78 is 62.7. The second-order valence-corrected chi connectivity index (χ2v) is 6.53. The van der Waals surface area contributed by atoms with Crippen LogP contribution in [0.1, 0.15) is 13.8 Å². The van der Waals surface area contributed by atoms with E-state index >= 15 is 0 Å². The molecule has 0 heterocycles. The van der Waals surface area contributed by atoms with E-state index in [2.05, 4.69) is 22.6 Å². The van der Waals surface area contributed by atoms with Gasteiger partial charge in [-0.1, -0.05) is 13.2 Å². The van der Waals surface area contributed by atoms with E-state index in [1.54, 1.807) is 0 Å². The molecule has 2 aromatic rings. The fraction of sp³-hybridized carbons (Fsp3) is 0.0833. The van der Waals surface area contributed by atoms with E-state index in [9.17, 15) is 22.8 Å². The molecule has 2 rings (SSSR count). The van der Waals surface area contributed by atoms with Crippen molar-refractivity contribution in [3.05, 3.63) is 97.1 Å². The highest BCUT2D eigenvalue weighted by Crippen LogP contribution is 2.33. The van der Waals surface area contributed by atoms with Crippen LogP contribution in [-0.4, -0.2) is 11.9 Å². The van der Waals surface area contributed by atoms with Gasteiger partial charge in [0.05, 0.1) is 0 Å². The van der Waals surface area contributed by atoms with Gasteiger partial charge in [0.2, 0.25) is 5.82 Å². The number of hydrogen-bond donors (Lipinski definition) is 0. The van der Waals surface area contributed by atoms with Crippen LogP contribution in [0.3, 0.4) is 0 Å². The molecule has 2 aromatic carbocycles. The minimum Gasteiger partial charge on any atom is -0.462 e. The normalized spacial score (nSPS) is 10.8. The van der Waals surface area contributed by atoms with Crippen LogP contribution >= 0.6 is 0 Å². The van der Waals surface area contributed by atoms with Crippen LogP contribution in [0.4, 0.5) is 13.2 Å². The van der Waals surface area contributed by atoms with E-state index < -0.39 is 35.1 Å². The average Bonchev–Trinajstić information content (AvgIpc) is 2.77. The van der Waals surface area contributed by atoms with Gasteiger partial charge in [-0.15, -0.1) is 0 Å². The molecule has 33 heavy (non-hydrogen) atoms. The number of esters is 2. The highest BCUT2D eigenvalue weighted by molar-refractivity contribution is 5.87. The summed E-state index contributed by atoms with van der Waals surface area (Å²) in [6, 6.07) is 5.65. The number of halogens is 3. The van der Waals surface area contributed by atoms with Crippen LogP contribution < -0.4 is 9.47 Å². The fourth-order valence-corrected chi connectivity index (χ4v) is 2.21. The molecule has 0 radical (unpaired) electrons. The monoisotopic (exact) mass is 460 g/mol. The third-order valence-electron chi connectivity index (χ3n) is 3.83. The number of carbonyl (C=O) groups is 2. The molecule has 0 aliphatic carbocycles. The summed E-state index contributed by atoms with van der Waals surface area (Å²) in [6.45, 7) is 9.68. The first-order valence-corrected chi connectivity index (χ1v) is 9.26. The van der Waals surface area contributed by atoms with Crippen molar-refractivity contribution < 1.29 is 41.7 Å². The summed E-state index contributed by atoms with van der Waals surface area (Å²) >= 11 is 0. The quantitative estimate of drug-likeness (QED) is 0.271. The Morgan fingerprint density at radius 2 is 1.30 bits per heavy atom. The number of rotatable bonds is 9. The first-order chi connectivity index (χ1) is 15.6. The van der Waals surface area contributed by atoms with Crippen molar-refractivity contribution in [3.8, 4) is 22.6 Å². The smallest absolute Gasteiger partial charge is 0.338 e. The summed E-state index contributed by atoms with van der Waals surface area (Å²) in [5.41, 5.74) is -0.258. The molecule has 0 aliphatic heterocycles. The summed E-state index contributed by atoms with van der Waals surface area (Å²) in [5.74, 6) is -5.47. The zero-order valence-electron chi connectivity index (χ0n) is 17.7. The Kier molecular flexibility index (Phi) is 8.62. The zero-order chi connectivity index (χ0) is 24.5. The maximum atomic E-state index is 14.5. The Morgan fingerprint density at radius 1 is 0.758 bits per heavy atom. The van der Waals surface area contributed by atoms with Crippen LogP contribution in [-0.2, 0) is 19.1 Å². The molecule has 172 valence electrons. The van der Waals surface area contributed by atoms with Crippen molar-refractivity contribution >= 4 is 11.9 Å². The molecule has 0 fully saturated rings. The highest BCUT2D eigenvalue weighted by atomic mass is 19.2. The lowest BCUT2D eigenvalue weighted by Crippen LogP contribution is -2.00. The fourth-order valence-electron chi connectivity index (χ4n) is 2.21. The molecule has 0 spiro atoms. The Morgan fingerprint density at radius 3 is 1.85 bits per heavy atom. The maximum absolute atomic E-state index is 14.5. The minimum atomic E-state index is -1.37. The van der Waals surface area contributed by atoms with Gasteiger partial charge in [-0.25, -0.2) is 18.4 Å². The SMILES string of the molecule is C=C(C)C(=O)O/C=C\Oc1ccc(-c2ccc(O/C=C\OC(=O)C(=C)C)c(F)c2F)c(F)c1. The van der Waals surface area contributed by atoms with Gasteiger partial charge >= 0.3 is 11.9 Å². The average molecular weight is 460 g/mol. The molecule has 0 unspecified atom stereocenters. The molecule has 9 heteroatoms. The predicted molar refractivity (Wildman–Crippen MR) is 113 cm³/mol. The lowest BCUT2D eigenvalue weighted by molar-refractivity contribution is -0.134. The molecular formula is C24H19F3O6. The van der Waals surface area contributed by atoms with Gasteiger partial charge in [-0.05, 0) is 38.1 Å². The van der Waals surface area contributed by atoms with Gasteiger partial charge < -0.3 is 18.9 Å². The Bertz CT molecular complexity index is 1150. The van der Waals surface area contributed by atoms with Crippen molar-refractivity contribution in [1.82, 2.24) is 0 Å². The van der Waals surface area contributed by atoms with E-state index in [0.717, 1.165) is 43.2 Å². The third-order valence-corrected chi connectivity index (χ3v) is 3.83. The Hall–Kier alpha value is -4.27. The van der Waals surface area contributed by atoms with Gasteiger partial charge in [-0.2, -0.15) is 4.39 Å². The molecule has 6 nitrogen and oxygen atoms in total.